The van der Waals surface area contributed by atoms with Crippen molar-refractivity contribution < 1.29 is 43.7 Å². The van der Waals surface area contributed by atoms with Crippen LogP contribution in [0.5, 0.6) is 11.5 Å². The molecule has 0 aliphatic heterocycles. The molecule has 4 aromatic carbocycles. The van der Waals surface area contributed by atoms with Crippen molar-refractivity contribution in [1.82, 2.24) is 4.98 Å². The van der Waals surface area contributed by atoms with Crippen molar-refractivity contribution in [3.8, 4) is 33.8 Å². The van der Waals surface area contributed by atoms with Crippen LogP contribution in [-0.2, 0) is 10.1 Å². The van der Waals surface area contributed by atoms with Gasteiger partial charge in [0, 0.05) is 37.8 Å². The van der Waals surface area contributed by atoms with E-state index in [9.17, 15) is 34.8 Å². The molecule has 5 aromatic rings. The first-order valence-electron chi connectivity index (χ1n) is 11.5. The summed E-state index contributed by atoms with van der Waals surface area (Å²) in [5.74, 6) is -14.2. The smallest absolute Gasteiger partial charge is 0.339 e. The van der Waals surface area contributed by atoms with E-state index in [1.54, 1.807) is 18.2 Å². The average Bonchev–Trinajstić information content (AvgIpc) is 2.97. The van der Waals surface area contributed by atoms with E-state index in [0.717, 1.165) is 12.1 Å². The van der Waals surface area contributed by atoms with Gasteiger partial charge in [-0.3, -0.25) is 4.98 Å². The monoisotopic (exact) mass is 687 g/mol. The highest BCUT2D eigenvalue weighted by atomic mass is 79.9. The van der Waals surface area contributed by atoms with Gasteiger partial charge in [-0.25, -0.2) is 17.6 Å². The van der Waals surface area contributed by atoms with Crippen LogP contribution < -0.4 is 8.92 Å². The van der Waals surface area contributed by atoms with Crippen molar-refractivity contribution in [2.45, 2.75) is 4.90 Å². The molecule has 0 unspecified atom stereocenters. The molecule has 5 nitrogen and oxygen atoms in total. The van der Waals surface area contributed by atoms with Gasteiger partial charge in [0.2, 0.25) is 34.8 Å². The van der Waals surface area contributed by atoms with Crippen molar-refractivity contribution in [2.24, 2.45) is 0 Å². The van der Waals surface area contributed by atoms with E-state index in [-0.39, 0.29) is 10.5 Å². The predicted octanol–water partition coefficient (Wildman–Crippen LogP) is 8.60. The Bertz CT molecular complexity index is 2000. The molecule has 0 N–H and O–H groups in total. The third-order valence-electron chi connectivity index (χ3n) is 6.14. The summed E-state index contributed by atoms with van der Waals surface area (Å²) in [6.45, 7) is 0. The maximum Gasteiger partial charge on any atom is 0.339 e. The molecule has 216 valence electrons. The molecule has 0 amide bonds. The van der Waals surface area contributed by atoms with Gasteiger partial charge in [0.05, 0.1) is 12.6 Å². The predicted molar refractivity (Wildman–Crippen MR) is 146 cm³/mol. The van der Waals surface area contributed by atoms with Gasteiger partial charge in [0.15, 0.2) is 0 Å². The Hall–Kier alpha value is -3.81. The molecule has 1 aromatic heterocycles. The molecule has 0 saturated carbocycles. The molecule has 0 spiro atoms. The molecular weight excluding hydrogens is 676 g/mol. The van der Waals surface area contributed by atoms with Gasteiger partial charge in [-0.1, -0.05) is 29.8 Å². The lowest BCUT2D eigenvalue weighted by Gasteiger charge is -2.16. The van der Waals surface area contributed by atoms with Crippen LogP contribution in [-0.4, -0.2) is 20.5 Å². The Morgan fingerprint density at radius 2 is 1.50 bits per heavy atom. The number of benzene rings is 4. The number of halogens is 8. The van der Waals surface area contributed by atoms with E-state index in [2.05, 4.69) is 25.1 Å². The molecule has 0 aliphatic carbocycles. The number of aromatic nitrogens is 1. The van der Waals surface area contributed by atoms with E-state index in [1.165, 1.54) is 37.6 Å². The van der Waals surface area contributed by atoms with Gasteiger partial charge in [0.25, 0.3) is 0 Å². The highest BCUT2D eigenvalue weighted by Crippen LogP contribution is 2.44. The van der Waals surface area contributed by atoms with Gasteiger partial charge < -0.3 is 8.92 Å². The summed E-state index contributed by atoms with van der Waals surface area (Å²) < 4.78 is 119. The lowest BCUT2D eigenvalue weighted by Crippen LogP contribution is -2.14. The number of fused-ring (bicyclic) bond motifs is 1. The van der Waals surface area contributed by atoms with Gasteiger partial charge in [-0.2, -0.15) is 17.2 Å². The highest BCUT2D eigenvalue weighted by Gasteiger charge is 2.31. The zero-order valence-electron chi connectivity index (χ0n) is 20.8. The van der Waals surface area contributed by atoms with Crippen LogP contribution >= 0.6 is 27.5 Å². The minimum absolute atomic E-state index is 0.0441. The summed E-state index contributed by atoms with van der Waals surface area (Å²) in [7, 11) is -3.70. The lowest BCUT2D eigenvalue weighted by molar-refractivity contribution is 0.346. The van der Waals surface area contributed by atoms with Crippen LogP contribution in [0, 0.1) is 34.9 Å². The summed E-state index contributed by atoms with van der Waals surface area (Å²) in [6.07, 6.45) is 1.34. The van der Waals surface area contributed by atoms with E-state index in [4.69, 9.17) is 16.3 Å². The quantitative estimate of drug-likeness (QED) is 0.0774. The number of hydrogen-bond donors (Lipinski definition) is 0. The summed E-state index contributed by atoms with van der Waals surface area (Å²) in [4.78, 5) is 3.49. The fourth-order valence-electron chi connectivity index (χ4n) is 4.19. The number of pyridine rings is 1. The molecule has 1 heterocycles. The maximum absolute atomic E-state index is 14.1. The first kappa shape index (κ1) is 29.7. The first-order valence-corrected chi connectivity index (χ1v) is 14.1. The van der Waals surface area contributed by atoms with Crippen molar-refractivity contribution in [3.63, 3.8) is 0 Å². The Morgan fingerprint density at radius 3 is 2.14 bits per heavy atom. The zero-order chi connectivity index (χ0) is 30.5. The molecule has 14 heteroatoms. The number of nitrogens with zero attached hydrogens (tertiary/aromatic N) is 1. The molecule has 0 saturated heterocycles. The molecule has 5 rings (SSSR count). The van der Waals surface area contributed by atoms with Crippen molar-refractivity contribution in [3.05, 3.63) is 105 Å². The second kappa shape index (κ2) is 11.1. The maximum atomic E-state index is 14.1. The number of hydrogen-bond acceptors (Lipinski definition) is 5. The van der Waals surface area contributed by atoms with Crippen LogP contribution in [0.4, 0.5) is 26.3 Å². The van der Waals surface area contributed by atoms with Crippen LogP contribution in [0.2, 0.25) is 5.02 Å². The number of rotatable bonds is 6. The van der Waals surface area contributed by atoms with E-state index in [1.807, 2.05) is 0 Å². The second-order valence-corrected chi connectivity index (χ2v) is 11.4. The molecule has 42 heavy (non-hydrogen) atoms. The summed E-state index contributed by atoms with van der Waals surface area (Å²) >= 11 is 9.99. The zero-order valence-corrected chi connectivity index (χ0v) is 23.9. The van der Waals surface area contributed by atoms with Gasteiger partial charge in [-0.05, 0) is 57.9 Å². The van der Waals surface area contributed by atoms with Crippen LogP contribution in [0.1, 0.15) is 0 Å². The van der Waals surface area contributed by atoms with Crippen molar-refractivity contribution in [2.75, 3.05) is 7.11 Å². The minimum atomic E-state index is -5.11. The van der Waals surface area contributed by atoms with Crippen molar-refractivity contribution in [1.29, 1.82) is 0 Å². The van der Waals surface area contributed by atoms with E-state index in [0.29, 0.717) is 37.9 Å². The third-order valence-corrected chi connectivity index (χ3v) is 8.27. The number of ether oxygens (including phenoxy) is 1. The largest absolute Gasteiger partial charge is 0.496 e. The van der Waals surface area contributed by atoms with Crippen LogP contribution in [0.15, 0.2) is 70.2 Å². The fraction of sp³-hybridized carbons (Fsp3) is 0.0357. The van der Waals surface area contributed by atoms with Crippen molar-refractivity contribution >= 4 is 48.6 Å². The van der Waals surface area contributed by atoms with E-state index >= 15 is 0 Å². The standard InChI is InChI=1S/C28H13BrClF6NO4S/c1-40-21-10-16(12-3-2-4-13(31)7-12)19(30)9-17(21)22-15-6-5-14(8-20(15)37-11-18(22)29)42(38,39)41-28-26(35)24(33)23(32)25(34)27(28)36/h2-11H,1H3. The normalized spacial score (nSPS) is 11.6. The van der Waals surface area contributed by atoms with Gasteiger partial charge >= 0.3 is 10.1 Å². The van der Waals surface area contributed by atoms with Gasteiger partial charge in [-0.15, -0.1) is 0 Å². The topological polar surface area (TPSA) is 65.5 Å². The molecule has 0 radical (unpaired) electrons. The summed E-state index contributed by atoms with van der Waals surface area (Å²) in [6, 6.07) is 12.2. The van der Waals surface area contributed by atoms with Crippen LogP contribution in [0.3, 0.4) is 0 Å². The number of methoxy groups -OCH3 is 1. The van der Waals surface area contributed by atoms with Gasteiger partial charge in [0.1, 0.15) is 16.5 Å². The summed E-state index contributed by atoms with van der Waals surface area (Å²) in [5.41, 5.74) is 1.91. The molecule has 0 fully saturated rings. The Balaban J connectivity index is 1.62. The summed E-state index contributed by atoms with van der Waals surface area (Å²) in [5, 5.41) is 0.594. The molecular formula is C28H13BrClF6NO4S. The fourth-order valence-corrected chi connectivity index (χ4v) is 5.94. The molecule has 0 aliphatic rings. The third kappa shape index (κ3) is 5.16. The molecule has 0 bridgehead atoms. The Morgan fingerprint density at radius 1 is 0.833 bits per heavy atom. The second-order valence-electron chi connectivity index (χ2n) is 8.64. The first-order chi connectivity index (χ1) is 19.8. The Labute approximate surface area is 247 Å². The minimum Gasteiger partial charge on any atom is -0.496 e. The SMILES string of the molecule is COc1cc(-c2cccc(F)c2)c(Cl)cc1-c1c(Br)cnc2cc(S(=O)(=O)Oc3c(F)c(F)c(F)c(F)c3F)ccc12. The highest BCUT2D eigenvalue weighted by molar-refractivity contribution is 9.10. The Kier molecular flexibility index (Phi) is 7.86. The lowest BCUT2D eigenvalue weighted by atomic mass is 9.96. The van der Waals surface area contributed by atoms with Crippen LogP contribution in [0.25, 0.3) is 33.2 Å². The molecule has 0 atom stereocenters. The van der Waals surface area contributed by atoms with E-state index < -0.39 is 55.7 Å². The average molecular weight is 689 g/mol.